The van der Waals surface area contributed by atoms with Crippen molar-refractivity contribution in [2.24, 2.45) is 0 Å². The van der Waals surface area contributed by atoms with Gasteiger partial charge in [0, 0.05) is 6.42 Å². The summed E-state index contributed by atoms with van der Waals surface area (Å²) in [6.45, 7) is 0. The topological polar surface area (TPSA) is 55.8 Å². The molecule has 0 radical (unpaired) electrons. The molecule has 0 aliphatic heterocycles. The van der Waals surface area contributed by atoms with E-state index in [2.05, 4.69) is 45.2 Å². The summed E-state index contributed by atoms with van der Waals surface area (Å²) in [4.78, 5) is 10.7. The zero-order valence-electron chi connectivity index (χ0n) is 11.8. The number of methoxy groups -OCH3 is 1. The van der Waals surface area contributed by atoms with Gasteiger partial charge in [-0.15, -0.1) is 0 Å². The summed E-state index contributed by atoms with van der Waals surface area (Å²) in [6.07, 6.45) is 0.648. The highest BCUT2D eigenvalue weighted by Gasteiger charge is 2.11. The number of aryl methyl sites for hydroxylation is 1. The summed E-state index contributed by atoms with van der Waals surface area (Å²) < 4.78 is 13.0. The fourth-order valence-electron chi connectivity index (χ4n) is 1.87. The predicted octanol–water partition coefficient (Wildman–Crippen LogP) is 4.71. The lowest BCUT2D eigenvalue weighted by atomic mass is 10.1. The molecule has 0 spiro atoms. The molecule has 0 atom stereocenters. The number of halogens is 2. The highest BCUT2D eigenvalue weighted by Crippen LogP contribution is 2.33. The Labute approximate surface area is 156 Å². The van der Waals surface area contributed by atoms with E-state index in [1.807, 2.05) is 36.4 Å². The Hall–Kier alpha value is -1.03. The zero-order chi connectivity index (χ0) is 16.1. The van der Waals surface area contributed by atoms with Crippen LogP contribution in [0.2, 0.25) is 0 Å². The lowest BCUT2D eigenvalue weighted by molar-refractivity contribution is -0.136. The maximum atomic E-state index is 10.7. The van der Waals surface area contributed by atoms with Crippen LogP contribution in [0.25, 0.3) is 0 Å². The number of hydrogen-bond acceptors (Lipinski definition) is 3. The van der Waals surface area contributed by atoms with Crippen LogP contribution in [0.5, 0.6) is 17.2 Å². The van der Waals surface area contributed by atoms with E-state index in [4.69, 9.17) is 14.6 Å². The van der Waals surface area contributed by atoms with Crippen molar-refractivity contribution < 1.29 is 19.4 Å². The Morgan fingerprint density at radius 1 is 1.09 bits per heavy atom. The monoisotopic (exact) mass is 524 g/mol. The van der Waals surface area contributed by atoms with Gasteiger partial charge in [0.15, 0.2) is 5.75 Å². The van der Waals surface area contributed by atoms with Crippen LogP contribution >= 0.6 is 45.2 Å². The fourth-order valence-corrected chi connectivity index (χ4v) is 3.98. The Kier molecular flexibility index (Phi) is 6.30. The predicted molar refractivity (Wildman–Crippen MR) is 101 cm³/mol. The molecule has 6 heteroatoms. The quantitative estimate of drug-likeness (QED) is 0.557. The molecule has 2 aromatic carbocycles. The molecule has 0 bridgehead atoms. The molecule has 22 heavy (non-hydrogen) atoms. The third-order valence-electron chi connectivity index (χ3n) is 2.96. The number of rotatable bonds is 6. The van der Waals surface area contributed by atoms with Crippen molar-refractivity contribution >= 4 is 51.2 Å². The SMILES string of the molecule is COc1ccc(Oc2c(I)cc(CCC(=O)O)cc2I)cc1. The largest absolute Gasteiger partial charge is 0.497 e. The second-order valence-electron chi connectivity index (χ2n) is 4.56. The second-order valence-corrected chi connectivity index (χ2v) is 6.88. The van der Waals surface area contributed by atoms with Gasteiger partial charge >= 0.3 is 5.97 Å². The van der Waals surface area contributed by atoms with E-state index < -0.39 is 5.97 Å². The van der Waals surface area contributed by atoms with Crippen LogP contribution in [-0.2, 0) is 11.2 Å². The third-order valence-corrected chi connectivity index (χ3v) is 4.57. The van der Waals surface area contributed by atoms with Crippen molar-refractivity contribution in [3.63, 3.8) is 0 Å². The van der Waals surface area contributed by atoms with Gasteiger partial charge in [0.1, 0.15) is 11.5 Å². The van der Waals surface area contributed by atoms with Crippen LogP contribution in [0.3, 0.4) is 0 Å². The van der Waals surface area contributed by atoms with Crippen molar-refractivity contribution in [1.29, 1.82) is 0 Å². The van der Waals surface area contributed by atoms with Gasteiger partial charge in [0.05, 0.1) is 14.3 Å². The molecule has 0 aromatic heterocycles. The number of carboxylic acid groups (broad SMARTS) is 1. The van der Waals surface area contributed by atoms with E-state index in [9.17, 15) is 4.79 Å². The standard InChI is InChI=1S/C16H14I2O4/c1-21-11-3-5-12(6-4-11)22-16-13(17)8-10(9-14(16)18)2-7-15(19)20/h3-6,8-9H,2,7H2,1H3,(H,19,20). The van der Waals surface area contributed by atoms with Crippen LogP contribution in [0, 0.1) is 7.14 Å². The number of aliphatic carboxylic acids is 1. The van der Waals surface area contributed by atoms with Crippen LogP contribution in [0.1, 0.15) is 12.0 Å². The summed E-state index contributed by atoms with van der Waals surface area (Å²) in [5.74, 6) is 1.50. The van der Waals surface area contributed by atoms with Gasteiger partial charge in [0.25, 0.3) is 0 Å². The van der Waals surface area contributed by atoms with Crippen LogP contribution in [-0.4, -0.2) is 18.2 Å². The van der Waals surface area contributed by atoms with Crippen molar-refractivity contribution in [1.82, 2.24) is 0 Å². The maximum Gasteiger partial charge on any atom is 0.303 e. The molecule has 1 N–H and O–H groups in total. The van der Waals surface area contributed by atoms with Crippen molar-refractivity contribution in [3.8, 4) is 17.2 Å². The van der Waals surface area contributed by atoms with Gasteiger partial charge in [0.2, 0.25) is 0 Å². The second kappa shape index (κ2) is 8.00. The first-order valence-electron chi connectivity index (χ1n) is 6.51. The first kappa shape index (κ1) is 17.3. The molecule has 2 rings (SSSR count). The summed E-state index contributed by atoms with van der Waals surface area (Å²) in [5, 5.41) is 8.77. The number of carbonyl (C=O) groups is 1. The molecular weight excluding hydrogens is 510 g/mol. The van der Waals surface area contributed by atoms with Gasteiger partial charge < -0.3 is 14.6 Å². The molecule has 0 aliphatic carbocycles. The first-order chi connectivity index (χ1) is 10.5. The summed E-state index contributed by atoms with van der Waals surface area (Å²) in [5.41, 5.74) is 0.998. The average molecular weight is 524 g/mol. The molecule has 2 aromatic rings. The Balaban J connectivity index is 2.18. The van der Waals surface area contributed by atoms with Gasteiger partial charge in [-0.2, -0.15) is 0 Å². The number of carboxylic acids is 1. The van der Waals surface area contributed by atoms with Crippen molar-refractivity contribution in [3.05, 3.63) is 49.1 Å². The highest BCUT2D eigenvalue weighted by molar-refractivity contribution is 14.1. The molecule has 0 aliphatic rings. The number of benzene rings is 2. The van der Waals surface area contributed by atoms with E-state index in [0.29, 0.717) is 6.42 Å². The molecular formula is C16H14I2O4. The van der Waals surface area contributed by atoms with Gasteiger partial charge in [-0.05, 0) is 93.6 Å². The van der Waals surface area contributed by atoms with Crippen molar-refractivity contribution in [2.75, 3.05) is 7.11 Å². The fraction of sp³-hybridized carbons (Fsp3) is 0.188. The van der Waals surface area contributed by atoms with Gasteiger partial charge in [-0.25, -0.2) is 0 Å². The Morgan fingerprint density at radius 2 is 1.64 bits per heavy atom. The van der Waals surface area contributed by atoms with Crippen molar-refractivity contribution in [2.45, 2.75) is 12.8 Å². The minimum Gasteiger partial charge on any atom is -0.497 e. The summed E-state index contributed by atoms with van der Waals surface area (Å²) >= 11 is 4.42. The highest BCUT2D eigenvalue weighted by atomic mass is 127. The molecule has 116 valence electrons. The van der Waals surface area contributed by atoms with Gasteiger partial charge in [-0.3, -0.25) is 4.79 Å². The smallest absolute Gasteiger partial charge is 0.303 e. The lowest BCUT2D eigenvalue weighted by Crippen LogP contribution is -1.99. The molecule has 0 unspecified atom stereocenters. The third kappa shape index (κ3) is 4.73. The van der Waals surface area contributed by atoms with E-state index in [1.165, 1.54) is 0 Å². The van der Waals surface area contributed by atoms with E-state index in [-0.39, 0.29) is 6.42 Å². The molecule has 0 amide bonds. The zero-order valence-corrected chi connectivity index (χ0v) is 16.1. The molecule has 0 saturated carbocycles. The van der Waals surface area contributed by atoms with Crippen LogP contribution in [0.4, 0.5) is 0 Å². The molecule has 0 fully saturated rings. The Morgan fingerprint density at radius 3 is 2.14 bits per heavy atom. The normalized spacial score (nSPS) is 10.3. The first-order valence-corrected chi connectivity index (χ1v) is 8.67. The minimum atomic E-state index is -0.788. The number of ether oxygens (including phenoxy) is 2. The molecule has 4 nitrogen and oxygen atoms in total. The maximum absolute atomic E-state index is 10.7. The number of hydrogen-bond donors (Lipinski definition) is 1. The van der Waals surface area contributed by atoms with E-state index >= 15 is 0 Å². The Bertz CT molecular complexity index is 645. The lowest BCUT2D eigenvalue weighted by Gasteiger charge is -2.12. The van der Waals surface area contributed by atoms with E-state index in [1.54, 1.807) is 7.11 Å². The summed E-state index contributed by atoms with van der Waals surface area (Å²) in [7, 11) is 1.62. The average Bonchev–Trinajstić information content (AvgIpc) is 2.49. The van der Waals surface area contributed by atoms with Crippen LogP contribution < -0.4 is 9.47 Å². The minimum absolute atomic E-state index is 0.130. The molecule has 0 heterocycles. The van der Waals surface area contributed by atoms with E-state index in [0.717, 1.165) is 30.0 Å². The van der Waals surface area contributed by atoms with Gasteiger partial charge in [-0.1, -0.05) is 0 Å². The molecule has 0 saturated heterocycles. The van der Waals surface area contributed by atoms with Crippen LogP contribution in [0.15, 0.2) is 36.4 Å². The summed E-state index contributed by atoms with van der Waals surface area (Å²) in [6, 6.07) is 11.3.